The first-order valence-electron chi connectivity index (χ1n) is 6.74. The molecule has 3 fully saturated rings. The molecule has 3 heteroatoms. The zero-order valence-corrected chi connectivity index (χ0v) is 11.6. The standard InChI is InChI=1S/C14H18ClNS/c1-7(10-5-11(15)17-6-10)16-14-12-8-2-3-9(4-8)13(12)14/h5-9,12-14,16H,2-4H2,1H3. The Morgan fingerprint density at radius 2 is 2.06 bits per heavy atom. The van der Waals surface area contributed by atoms with Gasteiger partial charge < -0.3 is 5.32 Å². The number of rotatable bonds is 3. The number of fused-ring (bicyclic) bond motifs is 5. The molecule has 1 heterocycles. The molecule has 0 amide bonds. The maximum Gasteiger partial charge on any atom is 0.0931 e. The number of nitrogens with one attached hydrogen (secondary N) is 1. The van der Waals surface area contributed by atoms with E-state index in [0.29, 0.717) is 6.04 Å². The van der Waals surface area contributed by atoms with Crippen molar-refractivity contribution in [3.05, 3.63) is 21.3 Å². The summed E-state index contributed by atoms with van der Waals surface area (Å²) in [4.78, 5) is 0. The molecule has 92 valence electrons. The molecule has 3 aliphatic rings. The van der Waals surface area contributed by atoms with Crippen molar-refractivity contribution >= 4 is 22.9 Å². The molecule has 1 aromatic heterocycles. The van der Waals surface area contributed by atoms with Gasteiger partial charge in [0.25, 0.3) is 0 Å². The maximum atomic E-state index is 6.00. The molecule has 17 heavy (non-hydrogen) atoms. The molecule has 4 rings (SSSR count). The summed E-state index contributed by atoms with van der Waals surface area (Å²) in [7, 11) is 0. The predicted molar refractivity (Wildman–Crippen MR) is 72.5 cm³/mol. The Labute approximate surface area is 112 Å². The van der Waals surface area contributed by atoms with Crippen molar-refractivity contribution < 1.29 is 0 Å². The van der Waals surface area contributed by atoms with Crippen LogP contribution in [0.1, 0.15) is 37.8 Å². The van der Waals surface area contributed by atoms with E-state index >= 15 is 0 Å². The van der Waals surface area contributed by atoms with Crippen LogP contribution >= 0.6 is 22.9 Å². The van der Waals surface area contributed by atoms with E-state index in [0.717, 1.165) is 34.0 Å². The van der Waals surface area contributed by atoms with Gasteiger partial charge in [-0.2, -0.15) is 0 Å². The van der Waals surface area contributed by atoms with E-state index in [1.54, 1.807) is 11.3 Å². The van der Waals surface area contributed by atoms with Crippen LogP contribution in [0.4, 0.5) is 0 Å². The van der Waals surface area contributed by atoms with Gasteiger partial charge in [0, 0.05) is 12.1 Å². The number of halogens is 1. The molecule has 0 spiro atoms. The Morgan fingerprint density at radius 3 is 2.65 bits per heavy atom. The van der Waals surface area contributed by atoms with Gasteiger partial charge in [0.2, 0.25) is 0 Å². The zero-order chi connectivity index (χ0) is 11.6. The topological polar surface area (TPSA) is 12.0 Å². The van der Waals surface area contributed by atoms with Crippen LogP contribution in [0.3, 0.4) is 0 Å². The number of thiophene rings is 1. The third-order valence-corrected chi connectivity index (χ3v) is 6.37. The van der Waals surface area contributed by atoms with E-state index in [4.69, 9.17) is 11.6 Å². The minimum atomic E-state index is 0.466. The van der Waals surface area contributed by atoms with Crippen LogP contribution in [-0.2, 0) is 0 Å². The highest BCUT2D eigenvalue weighted by Crippen LogP contribution is 2.65. The Kier molecular flexibility index (Phi) is 2.37. The fourth-order valence-corrected chi connectivity index (χ4v) is 5.47. The molecule has 5 atom stereocenters. The van der Waals surface area contributed by atoms with E-state index in [1.807, 2.05) is 0 Å². The fourth-order valence-electron chi connectivity index (χ4n) is 4.48. The van der Waals surface area contributed by atoms with Gasteiger partial charge in [-0.1, -0.05) is 11.6 Å². The van der Waals surface area contributed by atoms with Crippen LogP contribution in [0.5, 0.6) is 0 Å². The van der Waals surface area contributed by atoms with E-state index < -0.39 is 0 Å². The van der Waals surface area contributed by atoms with Crippen LogP contribution in [0, 0.1) is 23.7 Å². The first kappa shape index (κ1) is 10.8. The summed E-state index contributed by atoms with van der Waals surface area (Å²) in [5.41, 5.74) is 1.36. The molecule has 3 saturated carbocycles. The SMILES string of the molecule is CC(NC1C2C3CCC(C3)C12)c1csc(Cl)c1. The number of hydrogen-bond donors (Lipinski definition) is 1. The Balaban J connectivity index is 1.43. The van der Waals surface area contributed by atoms with Crippen LogP contribution < -0.4 is 5.32 Å². The summed E-state index contributed by atoms with van der Waals surface area (Å²) in [5.74, 6) is 4.15. The first-order chi connectivity index (χ1) is 8.24. The molecule has 2 bridgehead atoms. The highest BCUT2D eigenvalue weighted by atomic mass is 35.5. The second-order valence-electron chi connectivity index (χ2n) is 6.09. The molecule has 0 saturated heterocycles. The highest BCUT2D eigenvalue weighted by molar-refractivity contribution is 7.14. The first-order valence-corrected chi connectivity index (χ1v) is 8.00. The van der Waals surface area contributed by atoms with E-state index in [-0.39, 0.29) is 0 Å². The van der Waals surface area contributed by atoms with Gasteiger partial charge in [-0.25, -0.2) is 0 Å². The van der Waals surface area contributed by atoms with Gasteiger partial charge >= 0.3 is 0 Å². The average molecular weight is 268 g/mol. The lowest BCUT2D eigenvalue weighted by atomic mass is 10.0. The molecule has 3 aliphatic carbocycles. The van der Waals surface area contributed by atoms with Crippen LogP contribution in [0.2, 0.25) is 4.34 Å². The second-order valence-corrected chi connectivity index (χ2v) is 7.63. The van der Waals surface area contributed by atoms with Gasteiger partial charge in [0.1, 0.15) is 0 Å². The summed E-state index contributed by atoms with van der Waals surface area (Å²) in [6.07, 6.45) is 4.54. The average Bonchev–Trinajstić information content (AvgIpc) is 2.77. The smallest absolute Gasteiger partial charge is 0.0931 e. The van der Waals surface area contributed by atoms with Crippen molar-refractivity contribution in [1.29, 1.82) is 0 Å². The lowest BCUT2D eigenvalue weighted by molar-refractivity contribution is 0.433. The van der Waals surface area contributed by atoms with Crippen molar-refractivity contribution in [2.45, 2.75) is 38.3 Å². The Bertz CT molecular complexity index is 427. The van der Waals surface area contributed by atoms with Gasteiger partial charge in [0.15, 0.2) is 0 Å². The molecular formula is C14H18ClNS. The van der Waals surface area contributed by atoms with E-state index in [2.05, 4.69) is 23.7 Å². The summed E-state index contributed by atoms with van der Waals surface area (Å²) >= 11 is 7.64. The summed E-state index contributed by atoms with van der Waals surface area (Å²) in [6, 6.07) is 3.39. The van der Waals surface area contributed by atoms with Crippen molar-refractivity contribution in [3.8, 4) is 0 Å². The lowest BCUT2D eigenvalue weighted by Gasteiger charge is -2.16. The minimum Gasteiger partial charge on any atom is -0.307 e. The molecule has 0 aromatic carbocycles. The second kappa shape index (κ2) is 3.72. The monoisotopic (exact) mass is 267 g/mol. The summed E-state index contributed by atoms with van der Waals surface area (Å²) in [6.45, 7) is 2.27. The van der Waals surface area contributed by atoms with Crippen molar-refractivity contribution in [2.24, 2.45) is 23.7 Å². The van der Waals surface area contributed by atoms with Crippen LogP contribution in [0.15, 0.2) is 11.4 Å². The molecule has 1 N–H and O–H groups in total. The van der Waals surface area contributed by atoms with Gasteiger partial charge in [0.05, 0.1) is 4.34 Å². The third-order valence-electron chi connectivity index (χ3n) is 5.27. The lowest BCUT2D eigenvalue weighted by Crippen LogP contribution is -2.25. The van der Waals surface area contributed by atoms with Crippen LogP contribution in [0.25, 0.3) is 0 Å². The van der Waals surface area contributed by atoms with Crippen molar-refractivity contribution in [1.82, 2.24) is 5.32 Å². The molecule has 1 aromatic rings. The molecule has 1 nitrogen and oxygen atoms in total. The minimum absolute atomic E-state index is 0.466. The molecule has 5 unspecified atom stereocenters. The largest absolute Gasteiger partial charge is 0.307 e. The van der Waals surface area contributed by atoms with Gasteiger partial charge in [-0.05, 0) is 66.9 Å². The molecule has 0 aliphatic heterocycles. The van der Waals surface area contributed by atoms with E-state index in [9.17, 15) is 0 Å². The Morgan fingerprint density at radius 1 is 1.35 bits per heavy atom. The Hall–Kier alpha value is -0.0500. The molecule has 0 radical (unpaired) electrons. The maximum absolute atomic E-state index is 6.00. The van der Waals surface area contributed by atoms with Crippen LogP contribution in [-0.4, -0.2) is 6.04 Å². The van der Waals surface area contributed by atoms with E-state index in [1.165, 1.54) is 24.8 Å². The normalized spacial score (nSPS) is 43.8. The van der Waals surface area contributed by atoms with Crippen molar-refractivity contribution in [2.75, 3.05) is 0 Å². The predicted octanol–water partition coefficient (Wildman–Crippen LogP) is 4.10. The number of hydrogen-bond acceptors (Lipinski definition) is 2. The highest BCUT2D eigenvalue weighted by Gasteiger charge is 2.64. The third kappa shape index (κ3) is 1.61. The summed E-state index contributed by atoms with van der Waals surface area (Å²) in [5, 5.41) is 6.02. The quantitative estimate of drug-likeness (QED) is 0.870. The van der Waals surface area contributed by atoms with Gasteiger partial charge in [-0.3, -0.25) is 0 Å². The zero-order valence-electron chi connectivity index (χ0n) is 10.0. The summed E-state index contributed by atoms with van der Waals surface area (Å²) < 4.78 is 0.907. The van der Waals surface area contributed by atoms with Gasteiger partial charge in [-0.15, -0.1) is 11.3 Å². The van der Waals surface area contributed by atoms with Crippen molar-refractivity contribution in [3.63, 3.8) is 0 Å². The molecular weight excluding hydrogens is 250 g/mol. The fraction of sp³-hybridized carbons (Fsp3) is 0.714.